The molecule has 3 heterocycles. The number of aromatic amines is 1. The standard InChI is InChI=1S/C16H17N5O/c1-2-6-12(7-3-1)22-10-13-19-15-14(17-11-18-15)16(20-13)21-8-4-5-9-21/h1-3,6-7,11H,4-5,8-10H2,(H,17,18,19,20). The lowest BCUT2D eigenvalue weighted by Gasteiger charge is -2.17. The number of hydrogen-bond donors (Lipinski definition) is 1. The molecular formula is C16H17N5O. The highest BCUT2D eigenvalue weighted by molar-refractivity contribution is 5.83. The van der Waals surface area contributed by atoms with Crippen molar-refractivity contribution in [1.29, 1.82) is 0 Å². The maximum atomic E-state index is 5.76. The maximum Gasteiger partial charge on any atom is 0.170 e. The molecule has 0 spiro atoms. The third-order valence-corrected chi connectivity index (χ3v) is 3.82. The van der Waals surface area contributed by atoms with Gasteiger partial charge in [0, 0.05) is 13.1 Å². The molecule has 0 amide bonds. The first-order valence-electron chi connectivity index (χ1n) is 7.53. The molecular weight excluding hydrogens is 278 g/mol. The molecule has 3 aromatic rings. The van der Waals surface area contributed by atoms with Crippen molar-refractivity contribution in [3.8, 4) is 5.75 Å². The van der Waals surface area contributed by atoms with Gasteiger partial charge in [0.1, 0.15) is 17.9 Å². The average Bonchev–Trinajstić information content (AvgIpc) is 3.24. The number of anilines is 1. The lowest BCUT2D eigenvalue weighted by atomic mass is 10.3. The van der Waals surface area contributed by atoms with E-state index in [4.69, 9.17) is 4.74 Å². The van der Waals surface area contributed by atoms with E-state index in [-0.39, 0.29) is 0 Å². The van der Waals surface area contributed by atoms with Crippen LogP contribution in [0, 0.1) is 0 Å². The molecule has 1 fully saturated rings. The molecule has 0 unspecified atom stereocenters. The Balaban J connectivity index is 1.63. The van der Waals surface area contributed by atoms with Crippen LogP contribution in [0.1, 0.15) is 18.7 Å². The minimum atomic E-state index is 0.347. The topological polar surface area (TPSA) is 66.9 Å². The predicted molar refractivity (Wildman–Crippen MR) is 83.9 cm³/mol. The molecule has 1 N–H and O–H groups in total. The molecule has 0 bridgehead atoms. The molecule has 6 nitrogen and oxygen atoms in total. The van der Waals surface area contributed by atoms with E-state index in [1.54, 1.807) is 6.33 Å². The van der Waals surface area contributed by atoms with Crippen molar-refractivity contribution >= 4 is 17.0 Å². The van der Waals surface area contributed by atoms with Crippen molar-refractivity contribution in [3.63, 3.8) is 0 Å². The first kappa shape index (κ1) is 13.1. The lowest BCUT2D eigenvalue weighted by molar-refractivity contribution is 0.296. The van der Waals surface area contributed by atoms with Gasteiger partial charge in [-0.2, -0.15) is 0 Å². The summed E-state index contributed by atoms with van der Waals surface area (Å²) in [7, 11) is 0. The van der Waals surface area contributed by atoms with Gasteiger partial charge in [0.05, 0.1) is 6.33 Å². The van der Waals surface area contributed by atoms with E-state index in [9.17, 15) is 0 Å². The molecule has 0 saturated carbocycles. The van der Waals surface area contributed by atoms with Gasteiger partial charge in [0.15, 0.2) is 17.3 Å². The summed E-state index contributed by atoms with van der Waals surface area (Å²) in [6, 6.07) is 9.71. The SMILES string of the molecule is c1ccc(OCc2nc(N3CCCC3)c3nc[nH]c3n2)cc1. The number of para-hydroxylation sites is 1. The highest BCUT2D eigenvalue weighted by Gasteiger charge is 2.19. The first-order valence-corrected chi connectivity index (χ1v) is 7.53. The van der Waals surface area contributed by atoms with E-state index in [2.05, 4.69) is 24.8 Å². The quantitative estimate of drug-likeness (QED) is 0.801. The number of fused-ring (bicyclic) bond motifs is 1. The van der Waals surface area contributed by atoms with Gasteiger partial charge in [-0.1, -0.05) is 18.2 Å². The summed E-state index contributed by atoms with van der Waals surface area (Å²) in [5.41, 5.74) is 1.61. The van der Waals surface area contributed by atoms with Crippen LogP contribution in [-0.4, -0.2) is 33.0 Å². The molecule has 2 aromatic heterocycles. The molecule has 4 rings (SSSR count). The van der Waals surface area contributed by atoms with E-state index in [0.29, 0.717) is 12.4 Å². The van der Waals surface area contributed by atoms with Crippen molar-refractivity contribution in [2.75, 3.05) is 18.0 Å². The monoisotopic (exact) mass is 295 g/mol. The molecule has 1 aliphatic rings. The van der Waals surface area contributed by atoms with Crippen molar-refractivity contribution in [1.82, 2.24) is 19.9 Å². The summed E-state index contributed by atoms with van der Waals surface area (Å²) in [6.07, 6.45) is 4.07. The van der Waals surface area contributed by atoms with Gasteiger partial charge >= 0.3 is 0 Å². The first-order chi connectivity index (χ1) is 10.9. The fraction of sp³-hybridized carbons (Fsp3) is 0.312. The van der Waals surface area contributed by atoms with Gasteiger partial charge < -0.3 is 14.6 Å². The molecule has 0 radical (unpaired) electrons. The molecule has 1 saturated heterocycles. The number of benzene rings is 1. The Morgan fingerprint density at radius 3 is 2.73 bits per heavy atom. The van der Waals surface area contributed by atoms with Gasteiger partial charge in [-0.05, 0) is 25.0 Å². The Hall–Kier alpha value is -2.63. The van der Waals surface area contributed by atoms with Crippen LogP contribution in [0.3, 0.4) is 0 Å². The average molecular weight is 295 g/mol. The molecule has 1 aliphatic heterocycles. The van der Waals surface area contributed by atoms with E-state index in [1.165, 1.54) is 12.8 Å². The molecule has 22 heavy (non-hydrogen) atoms. The molecule has 0 aliphatic carbocycles. The summed E-state index contributed by atoms with van der Waals surface area (Å²) in [4.78, 5) is 18.9. The largest absolute Gasteiger partial charge is 0.486 e. The number of rotatable bonds is 4. The number of nitrogens with zero attached hydrogens (tertiary/aromatic N) is 4. The van der Waals surface area contributed by atoms with Crippen LogP contribution in [-0.2, 0) is 6.61 Å². The summed E-state index contributed by atoms with van der Waals surface area (Å²) in [5.74, 6) is 2.40. The third kappa shape index (κ3) is 2.47. The number of H-pyrrole nitrogens is 1. The Labute approximate surface area is 128 Å². The minimum Gasteiger partial charge on any atom is -0.486 e. The minimum absolute atomic E-state index is 0.347. The Bertz CT molecular complexity index is 765. The highest BCUT2D eigenvalue weighted by Crippen LogP contribution is 2.25. The van der Waals surface area contributed by atoms with Crippen LogP contribution in [0.25, 0.3) is 11.2 Å². The summed E-state index contributed by atoms with van der Waals surface area (Å²) < 4.78 is 5.76. The second-order valence-corrected chi connectivity index (χ2v) is 5.36. The van der Waals surface area contributed by atoms with Crippen molar-refractivity contribution in [3.05, 3.63) is 42.5 Å². The zero-order chi connectivity index (χ0) is 14.8. The number of ether oxygens (including phenoxy) is 1. The van der Waals surface area contributed by atoms with Crippen molar-refractivity contribution in [2.24, 2.45) is 0 Å². The molecule has 0 atom stereocenters. The molecule has 1 aromatic carbocycles. The molecule has 112 valence electrons. The summed E-state index contributed by atoms with van der Waals surface area (Å²) in [5, 5.41) is 0. The van der Waals surface area contributed by atoms with E-state index < -0.39 is 0 Å². The van der Waals surface area contributed by atoms with Crippen molar-refractivity contribution in [2.45, 2.75) is 19.4 Å². The van der Waals surface area contributed by atoms with Gasteiger partial charge in [-0.25, -0.2) is 15.0 Å². The highest BCUT2D eigenvalue weighted by atomic mass is 16.5. The van der Waals surface area contributed by atoms with Crippen LogP contribution >= 0.6 is 0 Å². The van der Waals surface area contributed by atoms with Gasteiger partial charge in [-0.15, -0.1) is 0 Å². The van der Waals surface area contributed by atoms with Gasteiger partial charge in [0.25, 0.3) is 0 Å². The van der Waals surface area contributed by atoms with Crippen LogP contribution in [0.15, 0.2) is 36.7 Å². The van der Waals surface area contributed by atoms with Crippen LogP contribution in [0.5, 0.6) is 5.75 Å². The third-order valence-electron chi connectivity index (χ3n) is 3.82. The van der Waals surface area contributed by atoms with Crippen LogP contribution in [0.2, 0.25) is 0 Å². The summed E-state index contributed by atoms with van der Waals surface area (Å²) in [6.45, 7) is 2.40. The lowest BCUT2D eigenvalue weighted by Crippen LogP contribution is -2.20. The number of hydrogen-bond acceptors (Lipinski definition) is 5. The number of imidazole rings is 1. The fourth-order valence-corrected chi connectivity index (χ4v) is 2.74. The fourth-order valence-electron chi connectivity index (χ4n) is 2.74. The normalized spacial score (nSPS) is 14.6. The Morgan fingerprint density at radius 1 is 1.09 bits per heavy atom. The van der Waals surface area contributed by atoms with E-state index in [0.717, 1.165) is 35.8 Å². The zero-order valence-electron chi connectivity index (χ0n) is 12.2. The van der Waals surface area contributed by atoms with Crippen LogP contribution in [0.4, 0.5) is 5.82 Å². The zero-order valence-corrected chi connectivity index (χ0v) is 12.2. The number of nitrogens with one attached hydrogen (secondary N) is 1. The van der Waals surface area contributed by atoms with Crippen LogP contribution < -0.4 is 9.64 Å². The predicted octanol–water partition coefficient (Wildman–Crippen LogP) is 2.53. The second kappa shape index (κ2) is 5.63. The van der Waals surface area contributed by atoms with E-state index in [1.807, 2.05) is 30.3 Å². The summed E-state index contributed by atoms with van der Waals surface area (Å²) >= 11 is 0. The van der Waals surface area contributed by atoms with E-state index >= 15 is 0 Å². The van der Waals surface area contributed by atoms with Gasteiger partial charge in [-0.3, -0.25) is 0 Å². The smallest absolute Gasteiger partial charge is 0.170 e. The Morgan fingerprint density at radius 2 is 1.91 bits per heavy atom. The molecule has 6 heteroatoms. The Kier molecular flexibility index (Phi) is 3.34. The van der Waals surface area contributed by atoms with Gasteiger partial charge in [0.2, 0.25) is 0 Å². The van der Waals surface area contributed by atoms with Crippen molar-refractivity contribution < 1.29 is 4.74 Å². The number of aromatic nitrogens is 4. The second-order valence-electron chi connectivity index (χ2n) is 5.36. The maximum absolute atomic E-state index is 5.76.